The number of aliphatic imine (C=N–C) groups is 1. The van der Waals surface area contributed by atoms with Crippen molar-refractivity contribution in [1.29, 1.82) is 0 Å². The molecule has 2 aromatic rings. The van der Waals surface area contributed by atoms with Crippen molar-refractivity contribution in [3.63, 3.8) is 0 Å². The smallest absolute Gasteiger partial charge is 0.191 e. The zero-order chi connectivity index (χ0) is 19.8. The monoisotopic (exact) mass is 386 g/mol. The Kier molecular flexibility index (Phi) is 7.11. The number of hydrogen-bond acceptors (Lipinski definition) is 5. The van der Waals surface area contributed by atoms with Crippen LogP contribution in [0.3, 0.4) is 0 Å². The molecule has 8 heteroatoms. The lowest BCUT2D eigenvalue weighted by atomic mass is 10.1. The molecule has 2 heterocycles. The van der Waals surface area contributed by atoms with Crippen molar-refractivity contribution < 1.29 is 9.47 Å². The van der Waals surface area contributed by atoms with Gasteiger partial charge < -0.3 is 20.1 Å². The zero-order valence-electron chi connectivity index (χ0n) is 16.9. The second-order valence-electron chi connectivity index (χ2n) is 6.76. The van der Waals surface area contributed by atoms with Crippen LogP contribution in [-0.4, -0.2) is 54.1 Å². The highest BCUT2D eigenvalue weighted by Gasteiger charge is 2.20. The minimum Gasteiger partial charge on any atom is -0.493 e. The number of aryl methyl sites for hydroxylation is 2. The Balaban J connectivity index is 1.43. The van der Waals surface area contributed by atoms with E-state index in [1.165, 1.54) is 5.56 Å². The quantitative estimate of drug-likeness (QED) is 0.409. The van der Waals surface area contributed by atoms with Crippen molar-refractivity contribution in [2.24, 2.45) is 4.99 Å². The van der Waals surface area contributed by atoms with Crippen LogP contribution >= 0.6 is 0 Å². The maximum atomic E-state index is 5.65. The molecule has 1 aromatic heterocycles. The average Bonchev–Trinajstić information content (AvgIpc) is 3.18. The number of nitrogens with one attached hydrogen (secondary N) is 2. The first-order valence-corrected chi connectivity index (χ1v) is 9.87. The predicted octanol–water partition coefficient (Wildman–Crippen LogP) is 1.80. The highest BCUT2D eigenvalue weighted by molar-refractivity contribution is 5.79. The second-order valence-corrected chi connectivity index (χ2v) is 6.76. The Morgan fingerprint density at radius 3 is 3.04 bits per heavy atom. The number of nitrogens with zero attached hydrogens (tertiary/aromatic N) is 4. The van der Waals surface area contributed by atoms with Crippen molar-refractivity contribution in [2.75, 3.05) is 27.3 Å². The first-order chi connectivity index (χ1) is 13.7. The SMILES string of the molecule is CCOc1cc(CCCNC(=NC)NC2CCc3ncnn3C2)ccc1OC. The fraction of sp³-hybridized carbons (Fsp3) is 0.550. The number of benzene rings is 1. The highest BCUT2D eigenvalue weighted by Crippen LogP contribution is 2.28. The summed E-state index contributed by atoms with van der Waals surface area (Å²) in [5, 5.41) is 11.2. The van der Waals surface area contributed by atoms with Crippen LogP contribution in [0.1, 0.15) is 31.2 Å². The summed E-state index contributed by atoms with van der Waals surface area (Å²) in [5.41, 5.74) is 1.24. The lowest BCUT2D eigenvalue weighted by Crippen LogP contribution is -2.47. The molecular formula is C20H30N6O2. The first kappa shape index (κ1) is 20.0. The molecule has 28 heavy (non-hydrogen) atoms. The molecule has 0 radical (unpaired) electrons. The summed E-state index contributed by atoms with van der Waals surface area (Å²) in [7, 11) is 3.47. The van der Waals surface area contributed by atoms with Crippen LogP contribution in [-0.2, 0) is 19.4 Å². The second kappa shape index (κ2) is 9.96. The number of rotatable bonds is 8. The van der Waals surface area contributed by atoms with Gasteiger partial charge in [0.15, 0.2) is 17.5 Å². The Labute approximate surface area is 166 Å². The van der Waals surface area contributed by atoms with Gasteiger partial charge in [0.25, 0.3) is 0 Å². The van der Waals surface area contributed by atoms with Crippen LogP contribution in [0.5, 0.6) is 11.5 Å². The molecule has 8 nitrogen and oxygen atoms in total. The summed E-state index contributed by atoms with van der Waals surface area (Å²) >= 11 is 0. The largest absolute Gasteiger partial charge is 0.493 e. The van der Waals surface area contributed by atoms with E-state index in [4.69, 9.17) is 9.47 Å². The van der Waals surface area contributed by atoms with Crippen LogP contribution in [0.15, 0.2) is 29.5 Å². The van der Waals surface area contributed by atoms with Gasteiger partial charge >= 0.3 is 0 Å². The van der Waals surface area contributed by atoms with Crippen LogP contribution in [0.2, 0.25) is 0 Å². The molecule has 0 bridgehead atoms. The van der Waals surface area contributed by atoms with Gasteiger partial charge in [-0.15, -0.1) is 0 Å². The third-order valence-corrected chi connectivity index (χ3v) is 4.83. The maximum Gasteiger partial charge on any atom is 0.191 e. The lowest BCUT2D eigenvalue weighted by molar-refractivity contribution is 0.310. The van der Waals surface area contributed by atoms with Crippen molar-refractivity contribution in [1.82, 2.24) is 25.4 Å². The summed E-state index contributed by atoms with van der Waals surface area (Å²) in [6, 6.07) is 6.44. The van der Waals surface area contributed by atoms with Gasteiger partial charge in [0, 0.05) is 26.1 Å². The van der Waals surface area contributed by atoms with Gasteiger partial charge in [-0.3, -0.25) is 4.99 Å². The molecule has 0 spiro atoms. The molecule has 1 aliphatic rings. The minimum absolute atomic E-state index is 0.315. The van der Waals surface area contributed by atoms with Gasteiger partial charge in [0.2, 0.25) is 0 Å². The maximum absolute atomic E-state index is 5.65. The lowest BCUT2D eigenvalue weighted by Gasteiger charge is -2.25. The van der Waals surface area contributed by atoms with E-state index in [0.29, 0.717) is 12.6 Å². The third kappa shape index (κ3) is 5.15. The van der Waals surface area contributed by atoms with Gasteiger partial charge in [-0.05, 0) is 43.9 Å². The number of methoxy groups -OCH3 is 1. The van der Waals surface area contributed by atoms with Gasteiger partial charge in [-0.2, -0.15) is 5.10 Å². The molecule has 2 N–H and O–H groups in total. The van der Waals surface area contributed by atoms with Crippen molar-refractivity contribution in [3.05, 3.63) is 35.9 Å². The number of guanidine groups is 1. The van der Waals surface area contributed by atoms with Gasteiger partial charge in [0.1, 0.15) is 12.2 Å². The minimum atomic E-state index is 0.315. The van der Waals surface area contributed by atoms with Crippen LogP contribution in [0.4, 0.5) is 0 Å². The van der Waals surface area contributed by atoms with E-state index in [1.807, 2.05) is 17.7 Å². The molecule has 1 aliphatic heterocycles. The molecule has 0 saturated carbocycles. The van der Waals surface area contributed by atoms with Gasteiger partial charge in [-0.1, -0.05) is 6.07 Å². The van der Waals surface area contributed by atoms with Crippen molar-refractivity contribution in [2.45, 2.75) is 45.2 Å². The fourth-order valence-corrected chi connectivity index (χ4v) is 3.39. The normalized spacial score (nSPS) is 16.4. The number of aromatic nitrogens is 3. The predicted molar refractivity (Wildman–Crippen MR) is 109 cm³/mol. The Bertz CT molecular complexity index is 789. The Morgan fingerprint density at radius 2 is 2.25 bits per heavy atom. The molecule has 0 saturated heterocycles. The molecule has 1 atom stereocenters. The summed E-state index contributed by atoms with van der Waals surface area (Å²) in [4.78, 5) is 8.61. The molecule has 0 amide bonds. The molecular weight excluding hydrogens is 356 g/mol. The Hall–Kier alpha value is -2.77. The summed E-state index contributed by atoms with van der Waals surface area (Å²) in [6.45, 7) is 4.27. The van der Waals surface area contributed by atoms with E-state index in [2.05, 4.69) is 37.8 Å². The van der Waals surface area contributed by atoms with Crippen LogP contribution < -0.4 is 20.1 Å². The van der Waals surface area contributed by atoms with E-state index in [1.54, 1.807) is 20.5 Å². The van der Waals surface area contributed by atoms with E-state index in [-0.39, 0.29) is 0 Å². The molecule has 0 fully saturated rings. The van der Waals surface area contributed by atoms with Crippen LogP contribution in [0, 0.1) is 0 Å². The number of ether oxygens (including phenoxy) is 2. The molecule has 1 aromatic carbocycles. The van der Waals surface area contributed by atoms with E-state index in [9.17, 15) is 0 Å². The Morgan fingerprint density at radius 1 is 1.36 bits per heavy atom. The summed E-state index contributed by atoms with van der Waals surface area (Å²) in [5.74, 6) is 3.47. The zero-order valence-corrected chi connectivity index (χ0v) is 16.9. The van der Waals surface area contributed by atoms with Crippen molar-refractivity contribution in [3.8, 4) is 11.5 Å². The number of fused-ring (bicyclic) bond motifs is 1. The van der Waals surface area contributed by atoms with Gasteiger partial charge in [-0.25, -0.2) is 9.67 Å². The fourth-order valence-electron chi connectivity index (χ4n) is 3.39. The molecule has 1 unspecified atom stereocenters. The third-order valence-electron chi connectivity index (χ3n) is 4.83. The van der Waals surface area contributed by atoms with E-state index >= 15 is 0 Å². The molecule has 3 rings (SSSR count). The average molecular weight is 387 g/mol. The van der Waals surface area contributed by atoms with Crippen molar-refractivity contribution >= 4 is 5.96 Å². The summed E-state index contributed by atoms with van der Waals surface area (Å²) < 4.78 is 13.0. The highest BCUT2D eigenvalue weighted by atomic mass is 16.5. The molecule has 152 valence electrons. The van der Waals surface area contributed by atoms with E-state index in [0.717, 1.165) is 62.1 Å². The van der Waals surface area contributed by atoms with Gasteiger partial charge in [0.05, 0.1) is 20.3 Å². The van der Waals surface area contributed by atoms with Crippen LogP contribution in [0.25, 0.3) is 0 Å². The summed E-state index contributed by atoms with van der Waals surface area (Å²) in [6.07, 6.45) is 5.55. The standard InChI is InChI=1S/C20H30N6O2/c1-4-28-18-12-15(7-9-17(18)27-3)6-5-11-22-20(21-2)25-16-8-10-19-23-14-24-26(19)13-16/h7,9,12,14,16H,4-6,8,10-11,13H2,1-3H3,(H2,21,22,25). The topological polar surface area (TPSA) is 85.6 Å². The first-order valence-electron chi connectivity index (χ1n) is 9.87. The number of hydrogen-bond donors (Lipinski definition) is 2. The van der Waals surface area contributed by atoms with E-state index < -0.39 is 0 Å². The molecule has 0 aliphatic carbocycles.